The third-order valence-electron chi connectivity index (χ3n) is 4.63. The smallest absolute Gasteiger partial charge is 0.302 e. The second kappa shape index (κ2) is 7.36. The molecule has 0 fully saturated rings. The molecule has 4 aromatic rings. The van der Waals surface area contributed by atoms with E-state index in [1.165, 1.54) is 6.20 Å². The molecule has 5 rings (SSSR count). The van der Waals surface area contributed by atoms with E-state index in [4.69, 9.17) is 13.9 Å². The zero-order valence-electron chi connectivity index (χ0n) is 16.0. The SMILES string of the molecule is Cc1nc(Nc2nc3ccccc3o2)ncc1C(=O)NCc1ccc2c(c1)OCO2. The number of aryl methyl sites for hydroxylation is 1. The standard InChI is InChI=1S/C21H17N5O4/c1-12-14(19(27)22-9-13-6-7-17-18(8-13)29-11-28-17)10-23-20(24-12)26-21-25-15-4-2-3-5-16(15)30-21/h2-8,10H,9,11H2,1H3,(H,22,27)(H,23,24,25,26). The molecule has 3 heterocycles. The molecule has 0 unspecified atom stereocenters. The quantitative estimate of drug-likeness (QED) is 0.522. The summed E-state index contributed by atoms with van der Waals surface area (Å²) >= 11 is 0. The third kappa shape index (κ3) is 3.48. The van der Waals surface area contributed by atoms with Crippen LogP contribution in [0, 0.1) is 6.92 Å². The Morgan fingerprint density at radius 2 is 1.97 bits per heavy atom. The van der Waals surface area contributed by atoms with Crippen LogP contribution in [0.2, 0.25) is 0 Å². The van der Waals surface area contributed by atoms with Crippen LogP contribution < -0.4 is 20.1 Å². The highest BCUT2D eigenvalue weighted by Gasteiger charge is 2.16. The number of ether oxygens (including phenoxy) is 2. The van der Waals surface area contributed by atoms with Gasteiger partial charge in [-0.05, 0) is 36.8 Å². The highest BCUT2D eigenvalue weighted by Crippen LogP contribution is 2.32. The van der Waals surface area contributed by atoms with Crippen LogP contribution in [0.1, 0.15) is 21.6 Å². The van der Waals surface area contributed by atoms with Gasteiger partial charge in [0, 0.05) is 12.7 Å². The highest BCUT2D eigenvalue weighted by atomic mass is 16.7. The fourth-order valence-electron chi connectivity index (χ4n) is 3.10. The number of carbonyl (C=O) groups excluding carboxylic acids is 1. The van der Waals surface area contributed by atoms with E-state index < -0.39 is 0 Å². The molecule has 0 radical (unpaired) electrons. The van der Waals surface area contributed by atoms with Crippen LogP contribution in [0.4, 0.5) is 12.0 Å². The van der Waals surface area contributed by atoms with Crippen molar-refractivity contribution in [3.05, 3.63) is 65.5 Å². The molecule has 0 saturated carbocycles. The maximum Gasteiger partial charge on any atom is 0.302 e. The van der Waals surface area contributed by atoms with Gasteiger partial charge in [0.15, 0.2) is 17.1 Å². The summed E-state index contributed by atoms with van der Waals surface area (Å²) in [6.07, 6.45) is 1.47. The van der Waals surface area contributed by atoms with Crippen molar-refractivity contribution in [2.75, 3.05) is 12.1 Å². The fourth-order valence-corrected chi connectivity index (χ4v) is 3.10. The zero-order chi connectivity index (χ0) is 20.5. The molecule has 0 aliphatic carbocycles. The lowest BCUT2D eigenvalue weighted by Crippen LogP contribution is -2.24. The maximum absolute atomic E-state index is 12.6. The Morgan fingerprint density at radius 3 is 2.83 bits per heavy atom. The number of para-hydroxylation sites is 2. The lowest BCUT2D eigenvalue weighted by Gasteiger charge is -2.09. The molecule has 0 bridgehead atoms. The largest absolute Gasteiger partial charge is 0.454 e. The molecule has 30 heavy (non-hydrogen) atoms. The molecular weight excluding hydrogens is 386 g/mol. The van der Waals surface area contributed by atoms with Crippen molar-refractivity contribution >= 4 is 29.0 Å². The van der Waals surface area contributed by atoms with Crippen LogP contribution in [0.15, 0.2) is 53.1 Å². The molecule has 9 heteroatoms. The number of carbonyl (C=O) groups is 1. The van der Waals surface area contributed by atoms with Crippen molar-refractivity contribution < 1.29 is 18.7 Å². The molecule has 1 aliphatic heterocycles. The number of nitrogens with one attached hydrogen (secondary N) is 2. The summed E-state index contributed by atoms with van der Waals surface area (Å²) in [5.41, 5.74) is 3.22. The molecule has 1 amide bonds. The summed E-state index contributed by atoms with van der Waals surface area (Å²) in [6, 6.07) is 13.3. The minimum Gasteiger partial charge on any atom is -0.454 e. The lowest BCUT2D eigenvalue weighted by molar-refractivity contribution is 0.0949. The summed E-state index contributed by atoms with van der Waals surface area (Å²) < 4.78 is 16.3. The topological polar surface area (TPSA) is 111 Å². The van der Waals surface area contributed by atoms with E-state index in [-0.39, 0.29) is 18.7 Å². The van der Waals surface area contributed by atoms with Gasteiger partial charge in [0.2, 0.25) is 12.7 Å². The molecule has 2 aromatic heterocycles. The van der Waals surface area contributed by atoms with Crippen LogP contribution in [0.3, 0.4) is 0 Å². The molecular formula is C21H17N5O4. The second-order valence-corrected chi connectivity index (χ2v) is 6.67. The number of fused-ring (bicyclic) bond motifs is 2. The maximum atomic E-state index is 12.6. The van der Waals surface area contributed by atoms with E-state index in [0.717, 1.165) is 11.1 Å². The molecule has 2 aromatic carbocycles. The summed E-state index contributed by atoms with van der Waals surface area (Å²) in [5.74, 6) is 1.41. The average Bonchev–Trinajstić information content (AvgIpc) is 3.37. The second-order valence-electron chi connectivity index (χ2n) is 6.67. The van der Waals surface area contributed by atoms with Gasteiger partial charge < -0.3 is 19.2 Å². The van der Waals surface area contributed by atoms with E-state index >= 15 is 0 Å². The first-order chi connectivity index (χ1) is 14.7. The van der Waals surface area contributed by atoms with Gasteiger partial charge in [-0.15, -0.1) is 0 Å². The Labute approximate surface area is 171 Å². The number of aromatic nitrogens is 3. The van der Waals surface area contributed by atoms with E-state index in [9.17, 15) is 4.79 Å². The number of amides is 1. The summed E-state index contributed by atoms with van der Waals surface area (Å²) in [6.45, 7) is 2.30. The Kier molecular flexibility index (Phi) is 4.40. The monoisotopic (exact) mass is 403 g/mol. The van der Waals surface area contributed by atoms with Gasteiger partial charge in [-0.3, -0.25) is 10.1 Å². The van der Waals surface area contributed by atoms with Crippen molar-refractivity contribution in [1.82, 2.24) is 20.3 Å². The summed E-state index contributed by atoms with van der Waals surface area (Å²) in [4.78, 5) is 25.4. The minimum atomic E-state index is -0.265. The Bertz CT molecular complexity index is 1220. The number of benzene rings is 2. The van der Waals surface area contributed by atoms with E-state index in [0.29, 0.717) is 40.8 Å². The minimum absolute atomic E-state index is 0.214. The predicted octanol–water partition coefficient (Wildman–Crippen LogP) is 3.33. The Hall–Kier alpha value is -4.14. The van der Waals surface area contributed by atoms with Gasteiger partial charge in [0.05, 0.1) is 11.3 Å². The van der Waals surface area contributed by atoms with Gasteiger partial charge in [-0.1, -0.05) is 18.2 Å². The van der Waals surface area contributed by atoms with Gasteiger partial charge in [-0.2, -0.15) is 4.98 Å². The lowest BCUT2D eigenvalue weighted by atomic mass is 10.2. The molecule has 1 aliphatic rings. The van der Waals surface area contributed by atoms with Gasteiger partial charge in [0.1, 0.15) is 5.52 Å². The van der Waals surface area contributed by atoms with E-state index in [1.807, 2.05) is 42.5 Å². The van der Waals surface area contributed by atoms with Crippen molar-refractivity contribution in [3.8, 4) is 11.5 Å². The van der Waals surface area contributed by atoms with Crippen molar-refractivity contribution in [2.45, 2.75) is 13.5 Å². The van der Waals surface area contributed by atoms with Gasteiger partial charge in [0.25, 0.3) is 5.91 Å². The first kappa shape index (κ1) is 17.9. The number of hydrogen-bond donors (Lipinski definition) is 2. The van der Waals surface area contributed by atoms with Gasteiger partial charge >= 0.3 is 6.01 Å². The third-order valence-corrected chi connectivity index (χ3v) is 4.63. The van der Waals surface area contributed by atoms with Crippen LogP contribution in [-0.4, -0.2) is 27.7 Å². The van der Waals surface area contributed by atoms with Crippen LogP contribution in [0.5, 0.6) is 11.5 Å². The number of nitrogens with zero attached hydrogens (tertiary/aromatic N) is 3. The molecule has 9 nitrogen and oxygen atoms in total. The number of oxazole rings is 1. The molecule has 0 atom stereocenters. The van der Waals surface area contributed by atoms with Crippen LogP contribution in [-0.2, 0) is 6.54 Å². The number of rotatable bonds is 5. The molecule has 150 valence electrons. The molecule has 0 spiro atoms. The fraction of sp³-hybridized carbons (Fsp3) is 0.143. The normalized spacial score (nSPS) is 12.2. The number of anilines is 2. The first-order valence-electron chi connectivity index (χ1n) is 9.29. The van der Waals surface area contributed by atoms with Crippen molar-refractivity contribution in [1.29, 1.82) is 0 Å². The van der Waals surface area contributed by atoms with Gasteiger partial charge in [-0.25, -0.2) is 9.97 Å². The Balaban J connectivity index is 1.26. The highest BCUT2D eigenvalue weighted by molar-refractivity contribution is 5.95. The van der Waals surface area contributed by atoms with Crippen LogP contribution in [0.25, 0.3) is 11.1 Å². The van der Waals surface area contributed by atoms with Crippen LogP contribution >= 0.6 is 0 Å². The Morgan fingerprint density at radius 1 is 1.10 bits per heavy atom. The number of hydrogen-bond acceptors (Lipinski definition) is 8. The van der Waals surface area contributed by atoms with E-state index in [2.05, 4.69) is 25.6 Å². The first-order valence-corrected chi connectivity index (χ1v) is 9.29. The molecule has 2 N–H and O–H groups in total. The van der Waals surface area contributed by atoms with Crippen molar-refractivity contribution in [3.63, 3.8) is 0 Å². The zero-order valence-corrected chi connectivity index (χ0v) is 16.0. The average molecular weight is 403 g/mol. The summed E-state index contributed by atoms with van der Waals surface area (Å²) in [7, 11) is 0. The van der Waals surface area contributed by atoms with E-state index in [1.54, 1.807) is 6.92 Å². The predicted molar refractivity (Wildman–Crippen MR) is 108 cm³/mol. The summed E-state index contributed by atoms with van der Waals surface area (Å²) in [5, 5.41) is 5.79. The van der Waals surface area contributed by atoms with Crippen molar-refractivity contribution in [2.24, 2.45) is 0 Å². The molecule has 0 saturated heterocycles.